The van der Waals surface area contributed by atoms with Crippen molar-refractivity contribution in [1.29, 1.82) is 0 Å². The first kappa shape index (κ1) is 12.5. The van der Waals surface area contributed by atoms with Gasteiger partial charge in [0.25, 0.3) is 5.91 Å². The topological polar surface area (TPSA) is 53.5 Å². The lowest BCUT2D eigenvalue weighted by Gasteiger charge is -2.34. The molecule has 2 amide bonds. The Labute approximate surface area is 104 Å². The van der Waals surface area contributed by atoms with E-state index in [1.54, 1.807) is 9.80 Å². The first-order chi connectivity index (χ1) is 8.58. The minimum Gasteiger partial charge on any atom is -0.339 e. The van der Waals surface area contributed by atoms with Crippen LogP contribution >= 0.6 is 0 Å². The normalized spacial score (nSPS) is 15.7. The Bertz CT molecular complexity index is 470. The van der Waals surface area contributed by atoms with E-state index in [2.05, 4.69) is 4.98 Å². The quantitative estimate of drug-likeness (QED) is 0.684. The van der Waals surface area contributed by atoms with Gasteiger partial charge in [0.05, 0.1) is 0 Å². The summed E-state index contributed by atoms with van der Waals surface area (Å²) in [6.45, 7) is 3.44. The van der Waals surface area contributed by atoms with Gasteiger partial charge in [0.2, 0.25) is 11.9 Å². The number of piperazine rings is 1. The van der Waals surface area contributed by atoms with Crippen molar-refractivity contribution < 1.29 is 14.0 Å². The summed E-state index contributed by atoms with van der Waals surface area (Å²) in [5.74, 6) is -0.952. The van der Waals surface area contributed by atoms with E-state index in [1.165, 1.54) is 25.1 Å². The third kappa shape index (κ3) is 2.64. The summed E-state index contributed by atoms with van der Waals surface area (Å²) < 4.78 is 12.9. The molecule has 0 saturated carbocycles. The van der Waals surface area contributed by atoms with Gasteiger partial charge in [0.15, 0.2) is 0 Å². The van der Waals surface area contributed by atoms with Crippen LogP contribution in [0.2, 0.25) is 0 Å². The van der Waals surface area contributed by atoms with Crippen LogP contribution in [0.15, 0.2) is 18.2 Å². The Morgan fingerprint density at radius 1 is 1.17 bits per heavy atom. The fraction of sp³-hybridized carbons (Fsp3) is 0.417. The molecule has 0 spiro atoms. The highest BCUT2D eigenvalue weighted by Crippen LogP contribution is 2.07. The maximum absolute atomic E-state index is 12.9. The van der Waals surface area contributed by atoms with Crippen LogP contribution in [0.5, 0.6) is 0 Å². The van der Waals surface area contributed by atoms with Gasteiger partial charge in [0, 0.05) is 33.1 Å². The molecule has 1 aliphatic rings. The van der Waals surface area contributed by atoms with Crippen LogP contribution in [-0.4, -0.2) is 52.8 Å². The van der Waals surface area contributed by atoms with Gasteiger partial charge < -0.3 is 9.80 Å². The van der Waals surface area contributed by atoms with Gasteiger partial charge in [-0.05, 0) is 12.1 Å². The van der Waals surface area contributed by atoms with Gasteiger partial charge in [-0.2, -0.15) is 4.39 Å². The van der Waals surface area contributed by atoms with E-state index in [-0.39, 0.29) is 17.5 Å². The van der Waals surface area contributed by atoms with E-state index >= 15 is 0 Å². The van der Waals surface area contributed by atoms with Crippen LogP contribution in [0, 0.1) is 5.95 Å². The van der Waals surface area contributed by atoms with Crippen LogP contribution in [0.3, 0.4) is 0 Å². The minimum absolute atomic E-state index is 0.00554. The average molecular weight is 251 g/mol. The zero-order valence-electron chi connectivity index (χ0n) is 10.1. The Morgan fingerprint density at radius 3 is 2.33 bits per heavy atom. The number of nitrogens with zero attached hydrogens (tertiary/aromatic N) is 3. The van der Waals surface area contributed by atoms with Crippen molar-refractivity contribution in [3.8, 4) is 0 Å². The van der Waals surface area contributed by atoms with Crippen molar-refractivity contribution in [3.05, 3.63) is 29.8 Å². The SMILES string of the molecule is CC(=O)N1CCN(C(=O)c2cccc(F)n2)CC1. The molecular formula is C12H14FN3O2. The van der Waals surface area contributed by atoms with Crippen molar-refractivity contribution in [1.82, 2.24) is 14.8 Å². The number of rotatable bonds is 1. The Balaban J connectivity index is 2.02. The molecule has 18 heavy (non-hydrogen) atoms. The van der Waals surface area contributed by atoms with Crippen LogP contribution in [0.1, 0.15) is 17.4 Å². The molecule has 1 aromatic rings. The number of amides is 2. The van der Waals surface area contributed by atoms with Crippen LogP contribution < -0.4 is 0 Å². The number of hydrogen-bond acceptors (Lipinski definition) is 3. The van der Waals surface area contributed by atoms with Crippen molar-refractivity contribution >= 4 is 11.8 Å². The number of carbonyl (C=O) groups is 2. The van der Waals surface area contributed by atoms with Gasteiger partial charge in [-0.25, -0.2) is 4.98 Å². The van der Waals surface area contributed by atoms with E-state index in [9.17, 15) is 14.0 Å². The third-order valence-electron chi connectivity index (χ3n) is 2.95. The molecule has 1 aromatic heterocycles. The second kappa shape index (κ2) is 5.12. The molecule has 0 aliphatic carbocycles. The Kier molecular flexibility index (Phi) is 3.55. The van der Waals surface area contributed by atoms with E-state index in [4.69, 9.17) is 0 Å². The van der Waals surface area contributed by atoms with Gasteiger partial charge in [-0.15, -0.1) is 0 Å². The molecule has 1 saturated heterocycles. The van der Waals surface area contributed by atoms with E-state index in [1.807, 2.05) is 0 Å². The first-order valence-electron chi connectivity index (χ1n) is 5.75. The zero-order valence-corrected chi connectivity index (χ0v) is 10.1. The van der Waals surface area contributed by atoms with Crippen LogP contribution in [-0.2, 0) is 4.79 Å². The molecular weight excluding hydrogens is 237 g/mol. The molecule has 0 N–H and O–H groups in total. The number of pyridine rings is 1. The summed E-state index contributed by atoms with van der Waals surface area (Å²) in [6, 6.07) is 4.15. The molecule has 1 fully saturated rings. The highest BCUT2D eigenvalue weighted by molar-refractivity contribution is 5.92. The molecule has 5 nitrogen and oxygen atoms in total. The predicted molar refractivity (Wildman–Crippen MR) is 62.4 cm³/mol. The third-order valence-corrected chi connectivity index (χ3v) is 2.95. The van der Waals surface area contributed by atoms with E-state index in [0.717, 1.165) is 0 Å². The van der Waals surface area contributed by atoms with Crippen molar-refractivity contribution in [2.45, 2.75) is 6.92 Å². The number of aromatic nitrogens is 1. The molecule has 2 heterocycles. The van der Waals surface area contributed by atoms with Crippen LogP contribution in [0.4, 0.5) is 4.39 Å². The highest BCUT2D eigenvalue weighted by Gasteiger charge is 2.23. The molecule has 0 radical (unpaired) electrons. The molecule has 0 unspecified atom stereocenters. The standard InChI is InChI=1S/C12H14FN3O2/c1-9(17)15-5-7-16(8-6-15)12(18)10-3-2-4-11(13)14-10/h2-4H,5-8H2,1H3. The van der Waals surface area contributed by atoms with Crippen LogP contribution in [0.25, 0.3) is 0 Å². The molecule has 0 atom stereocenters. The Hall–Kier alpha value is -1.98. The van der Waals surface area contributed by atoms with Gasteiger partial charge in [-0.3, -0.25) is 9.59 Å². The maximum Gasteiger partial charge on any atom is 0.272 e. The predicted octanol–water partition coefficient (Wildman–Crippen LogP) is 0.525. The Morgan fingerprint density at radius 2 is 1.78 bits per heavy atom. The monoisotopic (exact) mass is 251 g/mol. The van der Waals surface area contributed by atoms with Gasteiger partial charge in [-0.1, -0.05) is 6.07 Å². The highest BCUT2D eigenvalue weighted by atomic mass is 19.1. The molecule has 96 valence electrons. The molecule has 1 aliphatic heterocycles. The molecule has 0 bridgehead atoms. The van der Waals surface area contributed by atoms with Gasteiger partial charge >= 0.3 is 0 Å². The lowest BCUT2D eigenvalue weighted by Crippen LogP contribution is -2.50. The lowest BCUT2D eigenvalue weighted by molar-refractivity contribution is -0.130. The maximum atomic E-state index is 12.9. The van der Waals surface area contributed by atoms with Crippen molar-refractivity contribution in [2.75, 3.05) is 26.2 Å². The average Bonchev–Trinajstić information content (AvgIpc) is 2.38. The lowest BCUT2D eigenvalue weighted by atomic mass is 10.2. The number of halogens is 1. The summed E-state index contributed by atoms with van der Waals surface area (Å²) in [5, 5.41) is 0. The largest absolute Gasteiger partial charge is 0.339 e. The summed E-state index contributed by atoms with van der Waals surface area (Å²) in [4.78, 5) is 30.0. The zero-order chi connectivity index (χ0) is 13.1. The molecule has 6 heteroatoms. The molecule has 2 rings (SSSR count). The summed E-state index contributed by atoms with van der Waals surface area (Å²) >= 11 is 0. The fourth-order valence-corrected chi connectivity index (χ4v) is 1.91. The van der Waals surface area contributed by atoms with E-state index < -0.39 is 5.95 Å². The summed E-state index contributed by atoms with van der Waals surface area (Å²) in [5.41, 5.74) is 0.103. The second-order valence-electron chi connectivity index (χ2n) is 4.14. The molecule has 0 aromatic carbocycles. The summed E-state index contributed by atoms with van der Waals surface area (Å²) in [7, 11) is 0. The number of hydrogen-bond donors (Lipinski definition) is 0. The summed E-state index contributed by atoms with van der Waals surface area (Å²) in [6.07, 6.45) is 0. The number of carbonyl (C=O) groups excluding carboxylic acids is 2. The smallest absolute Gasteiger partial charge is 0.272 e. The second-order valence-corrected chi connectivity index (χ2v) is 4.14. The van der Waals surface area contributed by atoms with Gasteiger partial charge in [0.1, 0.15) is 5.69 Å². The first-order valence-corrected chi connectivity index (χ1v) is 5.75. The van der Waals surface area contributed by atoms with E-state index in [0.29, 0.717) is 26.2 Å². The minimum atomic E-state index is -0.664. The van der Waals surface area contributed by atoms with Crippen molar-refractivity contribution in [2.24, 2.45) is 0 Å². The fourth-order valence-electron chi connectivity index (χ4n) is 1.91. The van der Waals surface area contributed by atoms with Crippen molar-refractivity contribution in [3.63, 3.8) is 0 Å².